The minimum atomic E-state index is -0.923. The summed E-state index contributed by atoms with van der Waals surface area (Å²) in [7, 11) is 0. The van der Waals surface area contributed by atoms with Gasteiger partial charge in [-0.1, -0.05) is 33.8 Å². The van der Waals surface area contributed by atoms with Crippen LogP contribution in [0.4, 0.5) is 0 Å². The van der Waals surface area contributed by atoms with E-state index < -0.39 is 24.1 Å². The number of hydrogen-bond acceptors (Lipinski definition) is 6. The van der Waals surface area contributed by atoms with E-state index in [0.29, 0.717) is 12.0 Å². The number of aliphatic hydroxyl groups is 1. The van der Waals surface area contributed by atoms with Crippen molar-refractivity contribution in [3.05, 3.63) is 22.8 Å². The molecule has 0 heterocycles. The summed E-state index contributed by atoms with van der Waals surface area (Å²) in [5, 5.41) is 11.2. The number of esters is 2. The molecule has 166 valence electrons. The molecule has 1 fully saturated rings. The highest BCUT2D eigenvalue weighted by Gasteiger charge is 2.58. The quantitative estimate of drug-likeness (QED) is 0.703. The van der Waals surface area contributed by atoms with Crippen molar-refractivity contribution in [2.45, 2.75) is 79.4 Å². The highest BCUT2D eigenvalue weighted by Crippen LogP contribution is 2.60. The summed E-state index contributed by atoms with van der Waals surface area (Å²) in [6.07, 6.45) is 3.27. The maximum absolute atomic E-state index is 12.7. The van der Waals surface area contributed by atoms with Gasteiger partial charge in [0.15, 0.2) is 5.78 Å². The Bertz CT molecular complexity index is 822. The Hall–Kier alpha value is -1.95. The third-order valence-corrected chi connectivity index (χ3v) is 7.53. The van der Waals surface area contributed by atoms with Crippen LogP contribution in [-0.4, -0.2) is 41.6 Å². The van der Waals surface area contributed by atoms with E-state index in [1.807, 2.05) is 6.08 Å². The van der Waals surface area contributed by atoms with Crippen LogP contribution in [0.3, 0.4) is 0 Å². The second kappa shape index (κ2) is 7.95. The van der Waals surface area contributed by atoms with Crippen molar-refractivity contribution in [1.29, 1.82) is 0 Å². The first-order valence-corrected chi connectivity index (χ1v) is 10.9. The number of aliphatic hydroxyl groups excluding tert-OH is 1. The van der Waals surface area contributed by atoms with Crippen LogP contribution in [-0.2, 0) is 23.9 Å². The van der Waals surface area contributed by atoms with Gasteiger partial charge in [0.25, 0.3) is 0 Å². The molecule has 0 aliphatic heterocycles. The molecule has 3 aliphatic carbocycles. The van der Waals surface area contributed by atoms with Crippen molar-refractivity contribution in [3.8, 4) is 0 Å². The van der Waals surface area contributed by atoms with Gasteiger partial charge in [0.05, 0.1) is 0 Å². The van der Waals surface area contributed by atoms with Gasteiger partial charge in [-0.15, -0.1) is 0 Å². The van der Waals surface area contributed by atoms with Crippen LogP contribution in [0.25, 0.3) is 0 Å². The molecule has 1 saturated carbocycles. The molecule has 30 heavy (non-hydrogen) atoms. The Morgan fingerprint density at radius 1 is 1.17 bits per heavy atom. The lowest BCUT2D eigenvalue weighted by molar-refractivity contribution is -0.155. The molecular weight excluding hydrogens is 384 g/mol. The molecule has 3 rings (SSSR count). The minimum absolute atomic E-state index is 0.00592. The first-order chi connectivity index (χ1) is 13.9. The number of allylic oxidation sites excluding steroid dienone is 2. The van der Waals surface area contributed by atoms with Crippen LogP contribution < -0.4 is 0 Å². The van der Waals surface area contributed by atoms with Crippen molar-refractivity contribution < 1.29 is 29.0 Å². The zero-order valence-electron chi connectivity index (χ0n) is 18.9. The Kier molecular flexibility index (Phi) is 6.02. The topological polar surface area (TPSA) is 89.9 Å². The molecule has 5 unspecified atom stereocenters. The number of fused-ring (bicyclic) bond motifs is 2. The van der Waals surface area contributed by atoms with Crippen LogP contribution >= 0.6 is 0 Å². The Labute approximate surface area is 178 Å². The van der Waals surface area contributed by atoms with Crippen molar-refractivity contribution >= 4 is 17.7 Å². The van der Waals surface area contributed by atoms with Crippen molar-refractivity contribution in [2.24, 2.45) is 22.7 Å². The molecule has 0 aromatic carbocycles. The van der Waals surface area contributed by atoms with E-state index in [1.165, 1.54) is 13.8 Å². The van der Waals surface area contributed by atoms with Gasteiger partial charge >= 0.3 is 11.9 Å². The van der Waals surface area contributed by atoms with Gasteiger partial charge in [-0.25, -0.2) is 0 Å². The third kappa shape index (κ3) is 3.75. The Morgan fingerprint density at radius 3 is 2.40 bits per heavy atom. The van der Waals surface area contributed by atoms with Gasteiger partial charge in [0.2, 0.25) is 0 Å². The summed E-state index contributed by atoms with van der Waals surface area (Å²) in [4.78, 5) is 35.9. The van der Waals surface area contributed by atoms with Crippen molar-refractivity contribution in [1.82, 2.24) is 0 Å². The van der Waals surface area contributed by atoms with E-state index in [9.17, 15) is 19.5 Å². The number of carbonyl (C=O) groups excluding carboxylic acids is 3. The summed E-state index contributed by atoms with van der Waals surface area (Å²) < 4.78 is 10.8. The first-order valence-electron chi connectivity index (χ1n) is 10.9. The molecule has 0 radical (unpaired) electrons. The predicted octanol–water partition coefficient (Wildman–Crippen LogP) is 3.52. The maximum Gasteiger partial charge on any atom is 0.303 e. The fourth-order valence-electron chi connectivity index (χ4n) is 6.01. The van der Waals surface area contributed by atoms with E-state index >= 15 is 0 Å². The van der Waals surface area contributed by atoms with Gasteiger partial charge in [0, 0.05) is 31.8 Å². The summed E-state index contributed by atoms with van der Waals surface area (Å²) in [6, 6.07) is 0. The van der Waals surface area contributed by atoms with Crippen LogP contribution in [0.5, 0.6) is 0 Å². The average molecular weight is 419 g/mol. The molecule has 0 saturated heterocycles. The SMILES string of the molecule is CC(=O)OCC1=C2C=C3C(O)C(OC(C)=O)C(C(C)C)C3(C)CCC2(C)CCC1=O. The molecule has 3 aliphatic rings. The Balaban J connectivity index is 2.17. The predicted molar refractivity (Wildman–Crippen MR) is 111 cm³/mol. The zero-order chi connectivity index (χ0) is 22.4. The number of Topliss-reactive ketones (excluding diaryl/α,β-unsaturated/α-hetero) is 1. The normalized spacial score (nSPS) is 36.1. The summed E-state index contributed by atoms with van der Waals surface area (Å²) in [5.74, 6) is -0.667. The molecule has 0 bridgehead atoms. The summed E-state index contributed by atoms with van der Waals surface area (Å²) in [5.41, 5.74) is 1.64. The number of carbonyl (C=O) groups is 3. The second-order valence-electron chi connectivity index (χ2n) is 9.96. The first kappa shape index (κ1) is 22.7. The molecule has 0 aromatic heterocycles. The van der Waals surface area contributed by atoms with E-state index in [1.54, 1.807) is 0 Å². The maximum atomic E-state index is 12.7. The molecule has 1 N–H and O–H groups in total. The molecule has 6 heteroatoms. The van der Waals surface area contributed by atoms with E-state index in [2.05, 4.69) is 27.7 Å². The number of ether oxygens (including phenoxy) is 2. The zero-order valence-corrected chi connectivity index (χ0v) is 18.9. The summed E-state index contributed by atoms with van der Waals surface area (Å²) >= 11 is 0. The lowest BCUT2D eigenvalue weighted by atomic mass is 9.65. The van der Waals surface area contributed by atoms with E-state index in [0.717, 1.165) is 30.4 Å². The minimum Gasteiger partial charge on any atom is -0.461 e. The number of hydrogen-bond donors (Lipinski definition) is 1. The highest BCUT2D eigenvalue weighted by molar-refractivity contribution is 5.98. The van der Waals surface area contributed by atoms with Crippen LogP contribution in [0.2, 0.25) is 0 Å². The third-order valence-electron chi connectivity index (χ3n) is 7.53. The average Bonchev–Trinajstić information content (AvgIpc) is 2.75. The fraction of sp³-hybridized carbons (Fsp3) is 0.708. The van der Waals surface area contributed by atoms with E-state index in [-0.39, 0.29) is 35.1 Å². The van der Waals surface area contributed by atoms with E-state index in [4.69, 9.17) is 9.47 Å². The van der Waals surface area contributed by atoms with Crippen LogP contribution in [0.15, 0.2) is 22.8 Å². The van der Waals surface area contributed by atoms with Crippen molar-refractivity contribution in [2.75, 3.05) is 6.61 Å². The highest BCUT2D eigenvalue weighted by atomic mass is 16.6. The lowest BCUT2D eigenvalue weighted by Crippen LogP contribution is -2.38. The molecule has 0 aromatic rings. The monoisotopic (exact) mass is 418 g/mol. The molecule has 0 spiro atoms. The lowest BCUT2D eigenvalue weighted by Gasteiger charge is -2.39. The van der Waals surface area contributed by atoms with Gasteiger partial charge in [-0.3, -0.25) is 14.4 Å². The summed E-state index contributed by atoms with van der Waals surface area (Å²) in [6.45, 7) is 11.1. The van der Waals surface area contributed by atoms with Crippen LogP contribution in [0.1, 0.15) is 67.2 Å². The molecule has 6 nitrogen and oxygen atoms in total. The fourth-order valence-corrected chi connectivity index (χ4v) is 6.01. The van der Waals surface area contributed by atoms with Crippen LogP contribution in [0, 0.1) is 22.7 Å². The van der Waals surface area contributed by atoms with Gasteiger partial charge in [-0.05, 0) is 47.2 Å². The molecule has 5 atom stereocenters. The molecule has 0 amide bonds. The standard InChI is InChI=1S/C24H34O6/c1-13(2)20-22(30-15(4)26)21(28)18-11-17-16(12-29-14(3)25)19(27)7-8-23(17,5)9-10-24(18,20)6/h11,13,20-22,28H,7-10,12H2,1-6H3. The molecular formula is C24H34O6. The number of ketones is 1. The van der Waals surface area contributed by atoms with Crippen molar-refractivity contribution in [3.63, 3.8) is 0 Å². The van der Waals surface area contributed by atoms with Gasteiger partial charge < -0.3 is 14.6 Å². The largest absolute Gasteiger partial charge is 0.461 e. The van der Waals surface area contributed by atoms with Gasteiger partial charge in [0.1, 0.15) is 18.8 Å². The second-order valence-corrected chi connectivity index (χ2v) is 9.96. The number of rotatable bonds is 4. The smallest absolute Gasteiger partial charge is 0.303 e. The Morgan fingerprint density at radius 2 is 1.83 bits per heavy atom. The van der Waals surface area contributed by atoms with Gasteiger partial charge in [-0.2, -0.15) is 0 Å².